The highest BCUT2D eigenvalue weighted by Gasteiger charge is 2.63. The zero-order valence-corrected chi connectivity index (χ0v) is 14.3. The van der Waals surface area contributed by atoms with E-state index in [0.717, 1.165) is 0 Å². The number of carbonyl (C=O) groups excluding carboxylic acids is 1. The number of alkyl halides is 3. The first-order chi connectivity index (χ1) is 12.1. The summed E-state index contributed by atoms with van der Waals surface area (Å²) >= 11 is 5.79. The Morgan fingerprint density at radius 3 is 2.38 bits per heavy atom. The molecule has 2 aromatic carbocycles. The van der Waals surface area contributed by atoms with Crippen molar-refractivity contribution < 1.29 is 23.1 Å². The standard InChI is InChI=1S/C18H14ClF3N2O2/c1-11-4-2-3-5-14(11)16(25)24-17(26,18(20,21)22)10-15(23-24)12-6-8-13(19)9-7-12/h2-9,26H,10H2,1H3. The summed E-state index contributed by atoms with van der Waals surface area (Å²) in [5.74, 6) is -1.02. The van der Waals surface area contributed by atoms with Crippen molar-refractivity contribution in [1.29, 1.82) is 0 Å². The van der Waals surface area contributed by atoms with Gasteiger partial charge in [-0.25, -0.2) is 0 Å². The first-order valence-electron chi connectivity index (χ1n) is 7.66. The maximum Gasteiger partial charge on any atom is 0.438 e. The van der Waals surface area contributed by atoms with Crippen molar-refractivity contribution in [3.05, 3.63) is 70.2 Å². The molecule has 1 N–H and O–H groups in total. The summed E-state index contributed by atoms with van der Waals surface area (Å²) in [6.07, 6.45) is -5.95. The Morgan fingerprint density at radius 2 is 1.81 bits per heavy atom. The molecule has 0 saturated heterocycles. The third kappa shape index (κ3) is 3.08. The number of rotatable bonds is 2. The van der Waals surface area contributed by atoms with E-state index >= 15 is 0 Å². The quantitative estimate of drug-likeness (QED) is 0.848. The molecule has 8 heteroatoms. The van der Waals surface area contributed by atoms with E-state index in [1.807, 2.05) is 0 Å². The van der Waals surface area contributed by atoms with Gasteiger partial charge in [-0.05, 0) is 36.2 Å². The van der Waals surface area contributed by atoms with Crippen LogP contribution >= 0.6 is 11.6 Å². The van der Waals surface area contributed by atoms with Crippen LogP contribution in [0, 0.1) is 6.92 Å². The third-order valence-electron chi connectivity index (χ3n) is 4.18. The minimum atomic E-state index is -5.08. The van der Waals surface area contributed by atoms with Crippen molar-refractivity contribution in [3.8, 4) is 0 Å². The van der Waals surface area contributed by atoms with Gasteiger partial charge in [0.25, 0.3) is 11.6 Å². The second-order valence-corrected chi connectivity index (χ2v) is 6.41. The maximum absolute atomic E-state index is 13.6. The van der Waals surface area contributed by atoms with Crippen LogP contribution in [0.15, 0.2) is 53.6 Å². The number of hydrazone groups is 1. The highest BCUT2D eigenvalue weighted by molar-refractivity contribution is 6.30. The minimum Gasteiger partial charge on any atom is -0.362 e. The van der Waals surface area contributed by atoms with E-state index < -0.39 is 24.2 Å². The number of aryl methyl sites for hydroxylation is 1. The molecule has 0 aliphatic carbocycles. The van der Waals surface area contributed by atoms with Crippen LogP contribution in [0.4, 0.5) is 13.2 Å². The Bertz CT molecular complexity index is 881. The summed E-state index contributed by atoms with van der Waals surface area (Å²) in [6, 6.07) is 12.2. The molecule has 4 nitrogen and oxygen atoms in total. The SMILES string of the molecule is Cc1ccccc1C(=O)N1N=C(c2ccc(Cl)cc2)CC1(O)C(F)(F)F. The summed E-state index contributed by atoms with van der Waals surface area (Å²) in [5, 5.41) is 14.7. The molecule has 0 radical (unpaired) electrons. The van der Waals surface area contributed by atoms with Crippen LogP contribution in [0.25, 0.3) is 0 Å². The highest BCUT2D eigenvalue weighted by atomic mass is 35.5. The fourth-order valence-corrected chi connectivity index (χ4v) is 2.84. The second-order valence-electron chi connectivity index (χ2n) is 5.98. The van der Waals surface area contributed by atoms with E-state index in [1.165, 1.54) is 36.4 Å². The summed E-state index contributed by atoms with van der Waals surface area (Å²) in [4.78, 5) is 12.7. The first-order valence-corrected chi connectivity index (χ1v) is 8.04. The Labute approximate surface area is 152 Å². The van der Waals surface area contributed by atoms with E-state index in [9.17, 15) is 23.1 Å². The lowest BCUT2D eigenvalue weighted by atomic mass is 10.00. The highest BCUT2D eigenvalue weighted by Crippen LogP contribution is 2.42. The van der Waals surface area contributed by atoms with Crippen molar-refractivity contribution in [2.75, 3.05) is 0 Å². The van der Waals surface area contributed by atoms with Gasteiger partial charge in [0.2, 0.25) is 0 Å². The fourth-order valence-electron chi connectivity index (χ4n) is 2.71. The van der Waals surface area contributed by atoms with Crippen LogP contribution in [0.2, 0.25) is 5.02 Å². The number of amides is 1. The molecule has 1 atom stereocenters. The topological polar surface area (TPSA) is 52.9 Å². The number of halogens is 4. The lowest BCUT2D eigenvalue weighted by Crippen LogP contribution is -2.56. The number of hydrogen-bond acceptors (Lipinski definition) is 3. The van der Waals surface area contributed by atoms with Crippen molar-refractivity contribution in [1.82, 2.24) is 5.01 Å². The van der Waals surface area contributed by atoms with E-state index in [1.54, 1.807) is 19.1 Å². The van der Waals surface area contributed by atoms with Crippen LogP contribution in [0.1, 0.15) is 27.9 Å². The zero-order chi connectivity index (χ0) is 19.1. The predicted molar refractivity (Wildman–Crippen MR) is 91.0 cm³/mol. The molecule has 0 saturated carbocycles. The van der Waals surface area contributed by atoms with Gasteiger partial charge in [-0.1, -0.05) is 41.9 Å². The van der Waals surface area contributed by atoms with E-state index in [-0.39, 0.29) is 16.3 Å². The van der Waals surface area contributed by atoms with Gasteiger partial charge in [-0.3, -0.25) is 4.79 Å². The lowest BCUT2D eigenvalue weighted by Gasteiger charge is -2.32. The second kappa shape index (κ2) is 6.41. The Kier molecular flexibility index (Phi) is 4.54. The molecule has 26 heavy (non-hydrogen) atoms. The molecule has 1 unspecified atom stereocenters. The number of hydrogen-bond donors (Lipinski definition) is 1. The summed E-state index contributed by atoms with van der Waals surface area (Å²) in [7, 11) is 0. The summed E-state index contributed by atoms with van der Waals surface area (Å²) in [5.41, 5.74) is -2.60. The summed E-state index contributed by atoms with van der Waals surface area (Å²) in [6.45, 7) is 1.60. The molecule has 3 rings (SSSR count). The van der Waals surface area contributed by atoms with Crippen LogP contribution in [-0.2, 0) is 0 Å². The van der Waals surface area contributed by atoms with Gasteiger partial charge in [-0.15, -0.1) is 0 Å². The molecule has 136 valence electrons. The van der Waals surface area contributed by atoms with E-state index in [2.05, 4.69) is 5.10 Å². The van der Waals surface area contributed by atoms with Crippen LogP contribution in [0.3, 0.4) is 0 Å². The Morgan fingerprint density at radius 1 is 1.19 bits per heavy atom. The van der Waals surface area contributed by atoms with Crippen molar-refractivity contribution in [2.24, 2.45) is 5.10 Å². The number of benzene rings is 2. The molecule has 2 aromatic rings. The van der Waals surface area contributed by atoms with Crippen molar-refractivity contribution in [3.63, 3.8) is 0 Å². The first kappa shape index (κ1) is 18.4. The average molecular weight is 383 g/mol. The molecule has 0 spiro atoms. The summed E-state index contributed by atoms with van der Waals surface area (Å²) < 4.78 is 40.8. The van der Waals surface area contributed by atoms with E-state index in [4.69, 9.17) is 11.6 Å². The Balaban J connectivity index is 2.07. The normalized spacial score (nSPS) is 20.2. The molecular formula is C18H14ClF3N2O2. The molecule has 0 aromatic heterocycles. The van der Waals surface area contributed by atoms with Gasteiger partial charge in [-0.2, -0.15) is 23.3 Å². The van der Waals surface area contributed by atoms with Gasteiger partial charge in [0.05, 0.1) is 12.1 Å². The van der Waals surface area contributed by atoms with Crippen molar-refractivity contribution >= 4 is 23.2 Å². The van der Waals surface area contributed by atoms with Crippen LogP contribution in [0.5, 0.6) is 0 Å². The Hall–Kier alpha value is -2.38. The predicted octanol–water partition coefficient (Wildman–Crippen LogP) is 4.15. The average Bonchev–Trinajstić information content (AvgIpc) is 2.94. The molecular weight excluding hydrogens is 369 g/mol. The maximum atomic E-state index is 13.6. The molecule has 1 heterocycles. The van der Waals surface area contributed by atoms with Crippen LogP contribution < -0.4 is 0 Å². The van der Waals surface area contributed by atoms with E-state index in [0.29, 0.717) is 16.1 Å². The third-order valence-corrected chi connectivity index (χ3v) is 4.44. The largest absolute Gasteiger partial charge is 0.438 e. The molecule has 1 aliphatic rings. The molecule has 1 amide bonds. The number of aliphatic hydroxyl groups is 1. The van der Waals surface area contributed by atoms with Gasteiger partial charge >= 0.3 is 6.18 Å². The fraction of sp³-hybridized carbons (Fsp3) is 0.222. The molecule has 1 aliphatic heterocycles. The van der Waals surface area contributed by atoms with Gasteiger partial charge < -0.3 is 5.11 Å². The number of nitrogens with zero attached hydrogens (tertiary/aromatic N) is 2. The van der Waals surface area contributed by atoms with Gasteiger partial charge in [0.15, 0.2) is 0 Å². The van der Waals surface area contributed by atoms with Crippen molar-refractivity contribution in [2.45, 2.75) is 25.2 Å². The minimum absolute atomic E-state index is 0.0382. The molecule has 0 bridgehead atoms. The van der Waals surface area contributed by atoms with Gasteiger partial charge in [0, 0.05) is 10.6 Å². The smallest absolute Gasteiger partial charge is 0.362 e. The zero-order valence-electron chi connectivity index (χ0n) is 13.6. The lowest BCUT2D eigenvalue weighted by molar-refractivity contribution is -0.297. The van der Waals surface area contributed by atoms with Crippen LogP contribution in [-0.4, -0.2) is 33.6 Å². The molecule has 0 fully saturated rings. The van der Waals surface area contributed by atoms with Gasteiger partial charge in [0.1, 0.15) is 0 Å². The number of carbonyl (C=O) groups is 1. The monoisotopic (exact) mass is 382 g/mol.